The second-order valence-electron chi connectivity index (χ2n) is 3.88. The van der Waals surface area contributed by atoms with E-state index >= 15 is 0 Å². The number of benzene rings is 1. The molecule has 0 saturated heterocycles. The molecule has 0 fully saturated rings. The van der Waals surface area contributed by atoms with Crippen molar-refractivity contribution in [1.82, 2.24) is 4.98 Å². The van der Waals surface area contributed by atoms with Gasteiger partial charge in [0.25, 0.3) is 5.91 Å². The Morgan fingerprint density at radius 3 is 2.89 bits per heavy atom. The minimum absolute atomic E-state index is 0.197. The summed E-state index contributed by atoms with van der Waals surface area (Å²) in [6.45, 7) is 0.197. The topological polar surface area (TPSA) is 60.5 Å². The maximum Gasteiger partial charge on any atom is 0.274 e. The fourth-order valence-corrected chi connectivity index (χ4v) is 1.86. The molecule has 0 aliphatic carbocycles. The number of carbonyl (C=O) groups excluding carboxylic acids is 1. The highest BCUT2D eigenvalue weighted by Gasteiger charge is 2.15. The lowest BCUT2D eigenvalue weighted by molar-refractivity contribution is 0.102. The lowest BCUT2D eigenvalue weighted by Gasteiger charge is -2.05. The zero-order valence-corrected chi connectivity index (χ0v) is 10.5. The largest absolute Gasteiger partial charge is 0.454 e. The molecule has 2 heterocycles. The van der Waals surface area contributed by atoms with Crippen LogP contribution in [0.1, 0.15) is 10.5 Å². The van der Waals surface area contributed by atoms with E-state index in [0.29, 0.717) is 22.2 Å². The van der Waals surface area contributed by atoms with E-state index in [-0.39, 0.29) is 18.4 Å². The molecule has 1 aromatic heterocycles. The molecule has 0 spiro atoms. The summed E-state index contributed by atoms with van der Waals surface area (Å²) in [5.41, 5.74) is 0.862. The van der Waals surface area contributed by atoms with Crippen LogP contribution in [-0.4, -0.2) is 17.7 Å². The molecule has 1 aromatic carbocycles. The van der Waals surface area contributed by atoms with E-state index in [1.807, 2.05) is 0 Å². The third-order valence-corrected chi connectivity index (χ3v) is 2.82. The fourth-order valence-electron chi connectivity index (χ4n) is 1.70. The normalized spacial score (nSPS) is 12.3. The van der Waals surface area contributed by atoms with Gasteiger partial charge in [-0.15, -0.1) is 0 Å². The van der Waals surface area contributed by atoms with Gasteiger partial charge in [-0.2, -0.15) is 0 Å². The van der Waals surface area contributed by atoms with Gasteiger partial charge in [0, 0.05) is 23.0 Å². The number of pyridine rings is 1. The van der Waals surface area contributed by atoms with Crippen LogP contribution in [0.5, 0.6) is 11.5 Å². The molecule has 6 heteroatoms. The fraction of sp³-hybridized carbons (Fsp3) is 0.0769. The zero-order chi connectivity index (χ0) is 13.2. The second-order valence-corrected chi connectivity index (χ2v) is 4.32. The van der Waals surface area contributed by atoms with Gasteiger partial charge in [-0.1, -0.05) is 11.6 Å². The van der Waals surface area contributed by atoms with Gasteiger partial charge in [0.05, 0.1) is 0 Å². The van der Waals surface area contributed by atoms with Gasteiger partial charge in [-0.25, -0.2) is 0 Å². The molecule has 2 aromatic rings. The van der Waals surface area contributed by atoms with Crippen molar-refractivity contribution < 1.29 is 14.3 Å². The van der Waals surface area contributed by atoms with Crippen LogP contribution in [0, 0.1) is 0 Å². The van der Waals surface area contributed by atoms with Crippen molar-refractivity contribution >= 4 is 23.2 Å². The van der Waals surface area contributed by atoms with E-state index in [2.05, 4.69) is 10.3 Å². The summed E-state index contributed by atoms with van der Waals surface area (Å²) in [6, 6.07) is 8.28. The summed E-state index contributed by atoms with van der Waals surface area (Å²) in [5, 5.41) is 3.18. The Bertz CT molecular complexity index is 646. The molecule has 0 unspecified atom stereocenters. The van der Waals surface area contributed by atoms with Crippen LogP contribution in [0.3, 0.4) is 0 Å². The first kappa shape index (κ1) is 11.8. The Hall–Kier alpha value is -2.27. The smallest absolute Gasteiger partial charge is 0.274 e. The molecule has 1 aliphatic heterocycles. The van der Waals surface area contributed by atoms with Crippen LogP contribution in [0.2, 0.25) is 5.02 Å². The molecule has 5 nitrogen and oxygen atoms in total. The molecule has 0 radical (unpaired) electrons. The molecule has 3 rings (SSSR count). The van der Waals surface area contributed by atoms with E-state index in [9.17, 15) is 4.79 Å². The predicted molar refractivity (Wildman–Crippen MR) is 69.8 cm³/mol. The van der Waals surface area contributed by atoms with Gasteiger partial charge in [0.15, 0.2) is 11.5 Å². The Morgan fingerprint density at radius 1 is 1.21 bits per heavy atom. The first-order chi connectivity index (χ1) is 9.22. The van der Waals surface area contributed by atoms with Crippen LogP contribution in [0.4, 0.5) is 5.69 Å². The first-order valence-electron chi connectivity index (χ1n) is 5.55. The van der Waals surface area contributed by atoms with E-state index in [1.165, 1.54) is 12.3 Å². The lowest BCUT2D eigenvalue weighted by atomic mass is 10.2. The minimum Gasteiger partial charge on any atom is -0.454 e. The van der Waals surface area contributed by atoms with Crippen molar-refractivity contribution in [2.75, 3.05) is 12.1 Å². The molecule has 0 atom stereocenters. The number of hydrogen-bond acceptors (Lipinski definition) is 4. The highest BCUT2D eigenvalue weighted by Crippen LogP contribution is 2.34. The quantitative estimate of drug-likeness (QED) is 0.916. The number of aromatic nitrogens is 1. The van der Waals surface area contributed by atoms with Gasteiger partial charge in [0.1, 0.15) is 5.69 Å². The molecular weight excluding hydrogens is 268 g/mol. The summed E-state index contributed by atoms with van der Waals surface area (Å²) >= 11 is 5.81. The average molecular weight is 277 g/mol. The second kappa shape index (κ2) is 4.78. The van der Waals surface area contributed by atoms with Crippen molar-refractivity contribution in [1.29, 1.82) is 0 Å². The Morgan fingerprint density at radius 2 is 2.05 bits per heavy atom. The third-order valence-electron chi connectivity index (χ3n) is 2.59. The maximum atomic E-state index is 12.0. The molecule has 96 valence electrons. The molecule has 19 heavy (non-hydrogen) atoms. The molecule has 0 saturated carbocycles. The van der Waals surface area contributed by atoms with E-state index < -0.39 is 0 Å². The van der Waals surface area contributed by atoms with E-state index in [1.54, 1.807) is 24.3 Å². The van der Waals surface area contributed by atoms with Crippen LogP contribution in [0.25, 0.3) is 0 Å². The van der Waals surface area contributed by atoms with Crippen molar-refractivity contribution in [2.45, 2.75) is 0 Å². The molecule has 0 bridgehead atoms. The maximum absolute atomic E-state index is 12.0. The Kier molecular flexibility index (Phi) is 2.97. The molecular formula is C13H9ClN2O3. The predicted octanol–water partition coefficient (Wildman–Crippen LogP) is 2.72. The van der Waals surface area contributed by atoms with Crippen LogP contribution in [-0.2, 0) is 0 Å². The monoisotopic (exact) mass is 276 g/mol. The number of hydrogen-bond donors (Lipinski definition) is 1. The summed E-state index contributed by atoms with van der Waals surface area (Å²) in [6.07, 6.45) is 1.48. The molecule has 1 amide bonds. The zero-order valence-electron chi connectivity index (χ0n) is 9.72. The number of nitrogens with one attached hydrogen (secondary N) is 1. The summed E-state index contributed by atoms with van der Waals surface area (Å²) in [5.74, 6) is 0.942. The highest BCUT2D eigenvalue weighted by atomic mass is 35.5. The number of carbonyl (C=O) groups is 1. The Balaban J connectivity index is 1.80. The van der Waals surface area contributed by atoms with Crippen molar-refractivity contribution in [3.8, 4) is 11.5 Å². The van der Waals surface area contributed by atoms with Crippen molar-refractivity contribution in [2.24, 2.45) is 0 Å². The highest BCUT2D eigenvalue weighted by molar-refractivity contribution is 6.30. The number of ether oxygens (including phenoxy) is 2. The third kappa shape index (κ3) is 2.46. The number of rotatable bonds is 2. The van der Waals surface area contributed by atoms with Crippen molar-refractivity contribution in [3.63, 3.8) is 0 Å². The molecule has 1 N–H and O–H groups in total. The first-order valence-corrected chi connectivity index (χ1v) is 5.93. The number of anilines is 1. The van der Waals surface area contributed by atoms with E-state index in [0.717, 1.165) is 0 Å². The van der Waals surface area contributed by atoms with Crippen LogP contribution >= 0.6 is 11.6 Å². The number of amides is 1. The standard InChI is InChI=1S/C13H9ClN2O3/c14-8-3-4-15-10(5-8)13(17)16-9-1-2-11-12(6-9)19-7-18-11/h1-6H,7H2,(H,16,17). The number of fused-ring (bicyclic) bond motifs is 1. The van der Waals surface area contributed by atoms with Crippen LogP contribution < -0.4 is 14.8 Å². The lowest BCUT2D eigenvalue weighted by Crippen LogP contribution is -2.13. The summed E-state index contributed by atoms with van der Waals surface area (Å²) < 4.78 is 10.4. The minimum atomic E-state index is -0.332. The Labute approximate surface area is 114 Å². The summed E-state index contributed by atoms with van der Waals surface area (Å²) in [4.78, 5) is 15.9. The number of halogens is 1. The SMILES string of the molecule is O=C(Nc1ccc2c(c1)OCO2)c1cc(Cl)ccn1. The van der Waals surface area contributed by atoms with Gasteiger partial charge in [0.2, 0.25) is 6.79 Å². The van der Waals surface area contributed by atoms with Gasteiger partial charge in [-0.3, -0.25) is 9.78 Å². The average Bonchev–Trinajstić information content (AvgIpc) is 2.86. The van der Waals surface area contributed by atoms with Gasteiger partial charge >= 0.3 is 0 Å². The van der Waals surface area contributed by atoms with Gasteiger partial charge < -0.3 is 14.8 Å². The van der Waals surface area contributed by atoms with Crippen LogP contribution in [0.15, 0.2) is 36.5 Å². The number of nitrogens with zero attached hydrogens (tertiary/aromatic N) is 1. The van der Waals surface area contributed by atoms with Gasteiger partial charge in [-0.05, 0) is 24.3 Å². The summed E-state index contributed by atoms with van der Waals surface area (Å²) in [7, 11) is 0. The molecule has 1 aliphatic rings. The van der Waals surface area contributed by atoms with E-state index in [4.69, 9.17) is 21.1 Å². The van der Waals surface area contributed by atoms with Crippen molar-refractivity contribution in [3.05, 3.63) is 47.2 Å².